The Labute approximate surface area is 112 Å². The molecule has 4 nitrogen and oxygen atoms in total. The Morgan fingerprint density at radius 3 is 2.76 bits per heavy atom. The van der Waals surface area contributed by atoms with Crippen molar-refractivity contribution in [2.75, 3.05) is 16.8 Å². The minimum absolute atomic E-state index is 0.0646. The second kappa shape index (κ2) is 6.66. The van der Waals surface area contributed by atoms with Gasteiger partial charge in [0.2, 0.25) is 5.91 Å². The number of carbonyl (C=O) groups excluding carboxylic acids is 1. The molecule has 0 saturated heterocycles. The molecule has 92 valence electrons. The maximum Gasteiger partial charge on any atom is 0.313 e. The number of hydrogen-bond acceptors (Lipinski definition) is 3. The van der Waals surface area contributed by atoms with E-state index in [1.807, 2.05) is 19.1 Å². The van der Waals surface area contributed by atoms with Gasteiger partial charge in [-0.3, -0.25) is 9.59 Å². The van der Waals surface area contributed by atoms with Crippen LogP contribution in [0.4, 0.5) is 5.69 Å². The summed E-state index contributed by atoms with van der Waals surface area (Å²) < 4.78 is 0.925. The normalized spacial score (nSPS) is 10.0. The molecule has 0 unspecified atom stereocenters. The predicted molar refractivity (Wildman–Crippen MR) is 72.5 cm³/mol. The molecule has 1 aromatic carbocycles. The molecule has 0 radical (unpaired) electrons. The lowest BCUT2D eigenvalue weighted by Gasteiger charge is -2.09. The number of halogens is 1. The number of carboxylic acids is 1. The van der Waals surface area contributed by atoms with Crippen LogP contribution in [0.3, 0.4) is 0 Å². The number of aliphatic carboxylic acids is 1. The number of anilines is 1. The lowest BCUT2D eigenvalue weighted by atomic mass is 10.2. The summed E-state index contributed by atoms with van der Waals surface area (Å²) in [5, 5.41) is 11.2. The van der Waals surface area contributed by atoms with Gasteiger partial charge in [0.15, 0.2) is 0 Å². The van der Waals surface area contributed by atoms with Gasteiger partial charge in [0.1, 0.15) is 0 Å². The smallest absolute Gasteiger partial charge is 0.313 e. The average Bonchev–Trinajstić information content (AvgIpc) is 2.24. The van der Waals surface area contributed by atoms with Crippen molar-refractivity contribution in [2.45, 2.75) is 6.92 Å². The molecule has 0 fully saturated rings. The van der Waals surface area contributed by atoms with E-state index >= 15 is 0 Å². The first-order chi connectivity index (χ1) is 8.00. The molecule has 0 aromatic heterocycles. The van der Waals surface area contributed by atoms with Crippen molar-refractivity contribution in [1.29, 1.82) is 0 Å². The van der Waals surface area contributed by atoms with E-state index in [0.29, 0.717) is 0 Å². The van der Waals surface area contributed by atoms with Crippen molar-refractivity contribution in [3.63, 3.8) is 0 Å². The monoisotopic (exact) mass is 317 g/mol. The third kappa shape index (κ3) is 4.79. The van der Waals surface area contributed by atoms with E-state index in [9.17, 15) is 9.59 Å². The molecule has 0 atom stereocenters. The van der Waals surface area contributed by atoms with Crippen LogP contribution < -0.4 is 5.32 Å². The fraction of sp³-hybridized carbons (Fsp3) is 0.273. The van der Waals surface area contributed by atoms with Crippen molar-refractivity contribution >= 4 is 45.3 Å². The largest absolute Gasteiger partial charge is 0.481 e. The van der Waals surface area contributed by atoms with E-state index in [1.54, 1.807) is 6.07 Å². The molecule has 0 bridgehead atoms. The number of thioether (sulfide) groups is 1. The maximum atomic E-state index is 11.5. The quantitative estimate of drug-likeness (QED) is 0.875. The Balaban J connectivity index is 2.51. The van der Waals surface area contributed by atoms with Crippen molar-refractivity contribution in [3.8, 4) is 0 Å². The van der Waals surface area contributed by atoms with Gasteiger partial charge in [-0.1, -0.05) is 22.0 Å². The number of hydrogen-bond donors (Lipinski definition) is 2. The average molecular weight is 318 g/mol. The van der Waals surface area contributed by atoms with Gasteiger partial charge in [-0.25, -0.2) is 0 Å². The fourth-order valence-corrected chi connectivity index (χ4v) is 2.06. The summed E-state index contributed by atoms with van der Waals surface area (Å²) in [5.74, 6) is -1.04. The Hall–Kier alpha value is -1.01. The molecule has 6 heteroatoms. The van der Waals surface area contributed by atoms with Crippen LogP contribution >= 0.6 is 27.7 Å². The molecule has 17 heavy (non-hydrogen) atoms. The highest BCUT2D eigenvalue weighted by Crippen LogP contribution is 2.23. The zero-order valence-corrected chi connectivity index (χ0v) is 11.6. The second-order valence-electron chi connectivity index (χ2n) is 3.35. The summed E-state index contributed by atoms with van der Waals surface area (Å²) in [6, 6.07) is 5.53. The highest BCUT2D eigenvalue weighted by atomic mass is 79.9. The molecule has 0 aliphatic heterocycles. The number of carbonyl (C=O) groups is 2. The summed E-state index contributed by atoms with van der Waals surface area (Å²) in [6.45, 7) is 1.89. The number of rotatable bonds is 5. The lowest BCUT2D eigenvalue weighted by molar-refractivity contribution is -0.133. The van der Waals surface area contributed by atoms with Gasteiger partial charge in [-0.05, 0) is 24.6 Å². The van der Waals surface area contributed by atoms with E-state index in [0.717, 1.165) is 27.5 Å². The standard InChI is InChI=1S/C11H12BrNO3S/c1-7-8(12)3-2-4-9(7)13-10(14)5-17-6-11(15)16/h2-4H,5-6H2,1H3,(H,13,14)(H,15,16). The molecular formula is C11H12BrNO3S. The summed E-state index contributed by atoms with van der Waals surface area (Å²) in [4.78, 5) is 21.8. The molecule has 0 saturated carbocycles. The van der Waals surface area contributed by atoms with E-state index < -0.39 is 5.97 Å². The lowest BCUT2D eigenvalue weighted by Crippen LogP contribution is -2.16. The number of carboxylic acid groups (broad SMARTS) is 1. The van der Waals surface area contributed by atoms with Crippen molar-refractivity contribution in [3.05, 3.63) is 28.2 Å². The van der Waals surface area contributed by atoms with Crippen LogP contribution in [0.2, 0.25) is 0 Å². The van der Waals surface area contributed by atoms with Crippen LogP contribution in [0.5, 0.6) is 0 Å². The van der Waals surface area contributed by atoms with Gasteiger partial charge in [0.05, 0.1) is 11.5 Å². The summed E-state index contributed by atoms with van der Waals surface area (Å²) in [5.41, 5.74) is 1.68. The predicted octanol–water partition coefficient (Wildman–Crippen LogP) is 2.51. The third-order valence-corrected chi connectivity index (χ3v) is 3.78. The van der Waals surface area contributed by atoms with Gasteiger partial charge in [0, 0.05) is 10.2 Å². The zero-order chi connectivity index (χ0) is 12.8. The number of benzene rings is 1. The van der Waals surface area contributed by atoms with Crippen LogP contribution in [0, 0.1) is 6.92 Å². The van der Waals surface area contributed by atoms with Gasteiger partial charge in [-0.15, -0.1) is 11.8 Å². The Morgan fingerprint density at radius 2 is 2.12 bits per heavy atom. The van der Waals surface area contributed by atoms with E-state index in [1.165, 1.54) is 0 Å². The van der Waals surface area contributed by atoms with Crippen LogP contribution in [0.1, 0.15) is 5.56 Å². The van der Waals surface area contributed by atoms with Crippen molar-refractivity contribution in [2.24, 2.45) is 0 Å². The Kier molecular flexibility index (Phi) is 5.50. The fourth-order valence-electron chi connectivity index (χ4n) is 1.16. The SMILES string of the molecule is Cc1c(Br)cccc1NC(=O)CSCC(=O)O. The molecule has 0 aliphatic rings. The van der Waals surface area contributed by atoms with E-state index in [2.05, 4.69) is 21.2 Å². The van der Waals surface area contributed by atoms with Gasteiger partial charge < -0.3 is 10.4 Å². The van der Waals surface area contributed by atoms with E-state index in [4.69, 9.17) is 5.11 Å². The second-order valence-corrected chi connectivity index (χ2v) is 5.19. The third-order valence-electron chi connectivity index (χ3n) is 2.00. The summed E-state index contributed by atoms with van der Waals surface area (Å²) >= 11 is 4.45. The number of nitrogens with one attached hydrogen (secondary N) is 1. The maximum absolute atomic E-state index is 11.5. The van der Waals surface area contributed by atoms with Crippen molar-refractivity contribution < 1.29 is 14.7 Å². The first-order valence-electron chi connectivity index (χ1n) is 4.85. The van der Waals surface area contributed by atoms with Crippen LogP contribution in [0.15, 0.2) is 22.7 Å². The molecule has 0 heterocycles. The number of amides is 1. The zero-order valence-electron chi connectivity index (χ0n) is 9.20. The first-order valence-corrected chi connectivity index (χ1v) is 6.80. The van der Waals surface area contributed by atoms with Crippen LogP contribution in [-0.4, -0.2) is 28.5 Å². The summed E-state index contributed by atoms with van der Waals surface area (Å²) in [6.07, 6.45) is 0. The molecular weight excluding hydrogens is 306 g/mol. The minimum atomic E-state index is -0.915. The minimum Gasteiger partial charge on any atom is -0.481 e. The molecule has 1 aromatic rings. The molecule has 0 spiro atoms. The highest BCUT2D eigenvalue weighted by Gasteiger charge is 2.07. The molecule has 0 aliphatic carbocycles. The van der Waals surface area contributed by atoms with Gasteiger partial charge in [-0.2, -0.15) is 0 Å². The van der Waals surface area contributed by atoms with Gasteiger partial charge in [0.25, 0.3) is 0 Å². The van der Waals surface area contributed by atoms with Crippen LogP contribution in [0.25, 0.3) is 0 Å². The highest BCUT2D eigenvalue weighted by molar-refractivity contribution is 9.10. The Bertz CT molecular complexity index is 437. The summed E-state index contributed by atoms with van der Waals surface area (Å²) in [7, 11) is 0. The first kappa shape index (κ1) is 14.1. The molecule has 1 amide bonds. The van der Waals surface area contributed by atoms with Crippen molar-refractivity contribution in [1.82, 2.24) is 0 Å². The molecule has 1 rings (SSSR count). The Morgan fingerprint density at radius 1 is 1.41 bits per heavy atom. The molecule has 2 N–H and O–H groups in total. The topological polar surface area (TPSA) is 66.4 Å². The van der Waals surface area contributed by atoms with Crippen LogP contribution in [-0.2, 0) is 9.59 Å². The van der Waals surface area contributed by atoms with Gasteiger partial charge >= 0.3 is 5.97 Å². The van der Waals surface area contributed by atoms with E-state index in [-0.39, 0.29) is 17.4 Å².